The van der Waals surface area contributed by atoms with Crippen LogP contribution in [0.25, 0.3) is 11.3 Å². The maximum atomic E-state index is 13.2. The molecular formula is C17H16F4N2O. The monoisotopic (exact) mass is 340 g/mol. The second-order valence-electron chi connectivity index (χ2n) is 5.86. The van der Waals surface area contributed by atoms with Crippen LogP contribution < -0.4 is 10.5 Å². The Labute approximate surface area is 136 Å². The van der Waals surface area contributed by atoms with E-state index < -0.39 is 24.5 Å². The van der Waals surface area contributed by atoms with Crippen molar-refractivity contribution in [2.45, 2.75) is 24.9 Å². The van der Waals surface area contributed by atoms with Crippen LogP contribution in [0.2, 0.25) is 0 Å². The fourth-order valence-electron chi connectivity index (χ4n) is 2.79. The maximum absolute atomic E-state index is 13.2. The first-order valence-corrected chi connectivity index (χ1v) is 7.51. The topological polar surface area (TPSA) is 48.1 Å². The summed E-state index contributed by atoms with van der Waals surface area (Å²) in [6, 6.07) is 6.83. The highest BCUT2D eigenvalue weighted by atomic mass is 19.4. The van der Waals surface area contributed by atoms with Gasteiger partial charge in [0.05, 0.1) is 12.3 Å². The van der Waals surface area contributed by atoms with E-state index in [0.29, 0.717) is 23.5 Å². The fraction of sp³-hybridized carbons (Fsp3) is 0.353. The van der Waals surface area contributed by atoms with Gasteiger partial charge < -0.3 is 10.5 Å². The Morgan fingerprint density at radius 1 is 1.29 bits per heavy atom. The number of hydrogen-bond acceptors (Lipinski definition) is 3. The van der Waals surface area contributed by atoms with Gasteiger partial charge in [-0.15, -0.1) is 0 Å². The first-order valence-electron chi connectivity index (χ1n) is 7.51. The predicted molar refractivity (Wildman–Crippen MR) is 81.4 cm³/mol. The molecule has 0 bridgehead atoms. The van der Waals surface area contributed by atoms with E-state index in [2.05, 4.69) is 4.98 Å². The molecule has 3 nitrogen and oxygen atoms in total. The van der Waals surface area contributed by atoms with Crippen LogP contribution in [0.1, 0.15) is 30.0 Å². The standard InChI is InChI=1S/C17H16F4N2O/c1-9-8-24-16-12(9)6-14(13(7-22)17(19,20)21)23-15(16)10-2-4-11(18)5-3-10/h2-6,9,13H,7-8,22H2,1H3. The van der Waals surface area contributed by atoms with E-state index in [0.717, 1.165) is 0 Å². The molecule has 1 aromatic carbocycles. The van der Waals surface area contributed by atoms with Crippen LogP contribution in [0.3, 0.4) is 0 Å². The summed E-state index contributed by atoms with van der Waals surface area (Å²) in [4.78, 5) is 4.17. The molecule has 2 atom stereocenters. The number of halogens is 4. The Kier molecular flexibility index (Phi) is 4.21. The summed E-state index contributed by atoms with van der Waals surface area (Å²) in [5.74, 6) is -1.88. The van der Waals surface area contributed by atoms with E-state index in [9.17, 15) is 17.6 Å². The molecule has 7 heteroatoms. The number of hydrogen-bond donors (Lipinski definition) is 1. The molecule has 2 N–H and O–H groups in total. The number of pyridine rings is 1. The molecule has 0 saturated carbocycles. The Morgan fingerprint density at radius 2 is 1.96 bits per heavy atom. The third kappa shape index (κ3) is 2.96. The molecule has 24 heavy (non-hydrogen) atoms. The van der Waals surface area contributed by atoms with Crippen molar-refractivity contribution in [3.05, 3.63) is 47.4 Å². The first-order chi connectivity index (χ1) is 11.3. The smallest absolute Gasteiger partial charge is 0.398 e. The summed E-state index contributed by atoms with van der Waals surface area (Å²) in [5.41, 5.74) is 6.66. The third-order valence-electron chi connectivity index (χ3n) is 4.14. The average molecular weight is 340 g/mol. The Balaban J connectivity index is 2.18. The van der Waals surface area contributed by atoms with Crippen molar-refractivity contribution in [3.63, 3.8) is 0 Å². The quantitative estimate of drug-likeness (QED) is 0.860. The lowest BCUT2D eigenvalue weighted by molar-refractivity contribution is -0.148. The van der Waals surface area contributed by atoms with E-state index in [-0.39, 0.29) is 17.3 Å². The normalized spacial score (nSPS) is 18.2. The van der Waals surface area contributed by atoms with Crippen LogP contribution in [-0.4, -0.2) is 24.3 Å². The van der Waals surface area contributed by atoms with E-state index in [4.69, 9.17) is 10.5 Å². The molecule has 0 radical (unpaired) electrons. The minimum Gasteiger partial charge on any atom is -0.490 e. The highest BCUT2D eigenvalue weighted by molar-refractivity contribution is 5.70. The number of aromatic nitrogens is 1. The number of alkyl halides is 3. The Bertz CT molecular complexity index is 743. The van der Waals surface area contributed by atoms with Crippen molar-refractivity contribution in [1.82, 2.24) is 4.98 Å². The number of ether oxygens (including phenoxy) is 1. The van der Waals surface area contributed by atoms with Crippen molar-refractivity contribution in [3.8, 4) is 17.0 Å². The molecule has 1 aromatic heterocycles. The molecule has 0 aliphatic carbocycles. The second kappa shape index (κ2) is 6.05. The van der Waals surface area contributed by atoms with Gasteiger partial charge in [0.25, 0.3) is 0 Å². The van der Waals surface area contributed by atoms with Crippen LogP contribution in [0, 0.1) is 5.82 Å². The summed E-state index contributed by atoms with van der Waals surface area (Å²) >= 11 is 0. The van der Waals surface area contributed by atoms with Gasteiger partial charge in [-0.3, -0.25) is 0 Å². The number of nitrogens with two attached hydrogens (primary N) is 1. The minimum atomic E-state index is -4.49. The lowest BCUT2D eigenvalue weighted by atomic mass is 9.95. The predicted octanol–water partition coefficient (Wildman–Crippen LogP) is 3.99. The Morgan fingerprint density at radius 3 is 2.54 bits per heavy atom. The summed E-state index contributed by atoms with van der Waals surface area (Å²) < 4.78 is 58.5. The summed E-state index contributed by atoms with van der Waals surface area (Å²) in [6.07, 6.45) is -4.49. The van der Waals surface area contributed by atoms with Gasteiger partial charge in [-0.05, 0) is 30.3 Å². The maximum Gasteiger partial charge on any atom is 0.398 e. The van der Waals surface area contributed by atoms with Gasteiger partial charge in [-0.2, -0.15) is 13.2 Å². The van der Waals surface area contributed by atoms with Gasteiger partial charge in [0.1, 0.15) is 23.2 Å². The number of nitrogens with zero attached hydrogens (tertiary/aromatic N) is 1. The SMILES string of the molecule is CC1COc2c1cc(C(CN)C(F)(F)F)nc2-c1ccc(F)cc1. The van der Waals surface area contributed by atoms with E-state index in [1.54, 1.807) is 0 Å². The van der Waals surface area contributed by atoms with Gasteiger partial charge in [0, 0.05) is 23.6 Å². The number of fused-ring (bicyclic) bond motifs is 1. The zero-order valence-corrected chi connectivity index (χ0v) is 12.9. The highest BCUT2D eigenvalue weighted by Gasteiger charge is 2.42. The molecule has 0 saturated heterocycles. The van der Waals surface area contributed by atoms with Crippen LogP contribution in [0.15, 0.2) is 30.3 Å². The zero-order chi connectivity index (χ0) is 17.5. The molecule has 2 aromatic rings. The van der Waals surface area contributed by atoms with Gasteiger partial charge >= 0.3 is 6.18 Å². The van der Waals surface area contributed by atoms with Crippen LogP contribution in [0.5, 0.6) is 5.75 Å². The highest BCUT2D eigenvalue weighted by Crippen LogP contribution is 2.43. The van der Waals surface area contributed by atoms with Gasteiger partial charge in [-0.25, -0.2) is 9.37 Å². The number of benzene rings is 1. The molecule has 3 rings (SSSR count). The lowest BCUT2D eigenvalue weighted by Gasteiger charge is -2.20. The lowest BCUT2D eigenvalue weighted by Crippen LogP contribution is -2.29. The van der Waals surface area contributed by atoms with E-state index >= 15 is 0 Å². The zero-order valence-electron chi connectivity index (χ0n) is 12.9. The molecule has 0 amide bonds. The molecule has 0 fully saturated rings. The van der Waals surface area contributed by atoms with Gasteiger partial charge in [-0.1, -0.05) is 6.92 Å². The Hall–Kier alpha value is -2.15. The van der Waals surface area contributed by atoms with Crippen molar-refractivity contribution in [2.75, 3.05) is 13.2 Å². The average Bonchev–Trinajstić information content (AvgIpc) is 2.88. The largest absolute Gasteiger partial charge is 0.490 e. The van der Waals surface area contributed by atoms with E-state index in [1.807, 2.05) is 6.92 Å². The summed E-state index contributed by atoms with van der Waals surface area (Å²) in [5, 5.41) is 0. The molecular weight excluding hydrogens is 324 g/mol. The fourth-order valence-corrected chi connectivity index (χ4v) is 2.79. The minimum absolute atomic E-state index is 0.0485. The van der Waals surface area contributed by atoms with Crippen molar-refractivity contribution >= 4 is 0 Å². The van der Waals surface area contributed by atoms with Gasteiger partial charge in [0.15, 0.2) is 0 Å². The number of rotatable bonds is 3. The summed E-state index contributed by atoms with van der Waals surface area (Å²) in [6.45, 7) is 1.65. The molecule has 128 valence electrons. The van der Waals surface area contributed by atoms with Crippen molar-refractivity contribution in [2.24, 2.45) is 5.73 Å². The first kappa shape index (κ1) is 16.7. The molecule has 2 unspecified atom stereocenters. The van der Waals surface area contributed by atoms with Crippen LogP contribution in [-0.2, 0) is 0 Å². The van der Waals surface area contributed by atoms with Crippen molar-refractivity contribution < 1.29 is 22.3 Å². The third-order valence-corrected chi connectivity index (χ3v) is 4.14. The summed E-state index contributed by atoms with van der Waals surface area (Å²) in [7, 11) is 0. The molecule has 2 heterocycles. The molecule has 0 spiro atoms. The molecule has 1 aliphatic heterocycles. The van der Waals surface area contributed by atoms with Gasteiger partial charge in [0.2, 0.25) is 0 Å². The molecule has 1 aliphatic rings. The second-order valence-corrected chi connectivity index (χ2v) is 5.86. The van der Waals surface area contributed by atoms with Crippen molar-refractivity contribution in [1.29, 1.82) is 0 Å². The van der Waals surface area contributed by atoms with E-state index in [1.165, 1.54) is 30.3 Å². The van der Waals surface area contributed by atoms with Crippen LogP contribution >= 0.6 is 0 Å². The van der Waals surface area contributed by atoms with Crippen LogP contribution in [0.4, 0.5) is 17.6 Å².